The van der Waals surface area contributed by atoms with Crippen LogP contribution in [0, 0.1) is 0 Å². The van der Waals surface area contributed by atoms with Gasteiger partial charge in [-0.1, -0.05) is 6.07 Å². The molecule has 0 radical (unpaired) electrons. The Kier molecular flexibility index (Phi) is 8.39. The van der Waals surface area contributed by atoms with Crippen LogP contribution in [0.25, 0.3) is 0 Å². The van der Waals surface area contributed by atoms with Crippen molar-refractivity contribution >= 4 is 40.6 Å². The third-order valence-electron chi connectivity index (χ3n) is 4.61. The number of nitrogens with zero attached hydrogens (tertiary/aromatic N) is 2. The zero-order valence-electron chi connectivity index (χ0n) is 17.4. The first-order valence-electron chi connectivity index (χ1n) is 10.0. The molecule has 1 saturated heterocycles. The van der Waals surface area contributed by atoms with Crippen molar-refractivity contribution < 1.29 is 19.1 Å². The molecular weight excluding hydrogens is 418 g/mol. The van der Waals surface area contributed by atoms with Gasteiger partial charge in [0, 0.05) is 29.3 Å². The Balaban J connectivity index is 1.36. The highest BCUT2D eigenvalue weighted by Gasteiger charge is 2.14. The fraction of sp³-hybridized carbons (Fsp3) is 0.381. The second kappa shape index (κ2) is 11.4. The molecule has 9 nitrogen and oxygen atoms in total. The summed E-state index contributed by atoms with van der Waals surface area (Å²) in [5, 5.41) is 9.62. The number of carbonyl (C=O) groups is 3. The van der Waals surface area contributed by atoms with E-state index in [9.17, 15) is 14.4 Å². The lowest BCUT2D eigenvalue weighted by molar-refractivity contribution is -0.122. The van der Waals surface area contributed by atoms with Gasteiger partial charge in [-0.2, -0.15) is 0 Å². The molecule has 1 aromatic heterocycles. The van der Waals surface area contributed by atoms with Crippen LogP contribution in [0.4, 0.5) is 16.2 Å². The maximum Gasteiger partial charge on any atom is 0.321 e. The average molecular weight is 446 g/mol. The van der Waals surface area contributed by atoms with E-state index < -0.39 is 11.9 Å². The first-order valence-corrected chi connectivity index (χ1v) is 10.9. The number of imide groups is 1. The molecule has 3 rings (SSSR count). The Morgan fingerprint density at radius 3 is 2.45 bits per heavy atom. The minimum Gasteiger partial charge on any atom is -0.378 e. The van der Waals surface area contributed by atoms with Gasteiger partial charge in [-0.15, -0.1) is 11.3 Å². The van der Waals surface area contributed by atoms with Crippen LogP contribution in [-0.4, -0.2) is 69.2 Å². The standard InChI is InChI=1S/C21H27N5O4S/c1-25(15-20(28)24-21(29)22-13-18-3-2-12-31-18)14-19(27)23-16-4-6-17(7-5-16)26-8-10-30-11-9-26/h2-7,12H,8-11,13-15H2,1H3,(H,23,27)(H2,22,24,28,29). The summed E-state index contributed by atoms with van der Waals surface area (Å²) >= 11 is 1.52. The Bertz CT molecular complexity index is 866. The highest BCUT2D eigenvalue weighted by Crippen LogP contribution is 2.19. The number of hydrogen-bond acceptors (Lipinski definition) is 7. The predicted octanol–water partition coefficient (Wildman–Crippen LogP) is 1.48. The molecule has 2 heterocycles. The van der Waals surface area contributed by atoms with Crippen LogP contribution in [-0.2, 0) is 20.9 Å². The molecule has 166 valence electrons. The van der Waals surface area contributed by atoms with E-state index in [-0.39, 0.29) is 19.0 Å². The van der Waals surface area contributed by atoms with Crippen molar-refractivity contribution in [1.29, 1.82) is 0 Å². The Labute approximate surface area is 185 Å². The highest BCUT2D eigenvalue weighted by atomic mass is 32.1. The maximum atomic E-state index is 12.3. The summed E-state index contributed by atoms with van der Waals surface area (Å²) in [6.45, 7) is 3.45. The van der Waals surface area contributed by atoms with Crippen molar-refractivity contribution in [2.24, 2.45) is 0 Å². The summed E-state index contributed by atoms with van der Waals surface area (Å²) in [4.78, 5) is 40.8. The van der Waals surface area contributed by atoms with Gasteiger partial charge < -0.3 is 20.3 Å². The second-order valence-electron chi connectivity index (χ2n) is 7.18. The van der Waals surface area contributed by atoms with Crippen LogP contribution in [0.5, 0.6) is 0 Å². The molecule has 2 aromatic rings. The maximum absolute atomic E-state index is 12.3. The summed E-state index contributed by atoms with van der Waals surface area (Å²) in [5.41, 5.74) is 1.78. The number of ether oxygens (including phenoxy) is 1. The van der Waals surface area contributed by atoms with Crippen LogP contribution in [0.1, 0.15) is 4.88 Å². The molecule has 1 aromatic carbocycles. The smallest absolute Gasteiger partial charge is 0.321 e. The van der Waals surface area contributed by atoms with Gasteiger partial charge in [0.25, 0.3) is 0 Å². The summed E-state index contributed by atoms with van der Waals surface area (Å²) in [5.74, 6) is -0.717. The van der Waals surface area contributed by atoms with E-state index in [0.29, 0.717) is 25.4 Å². The molecule has 1 aliphatic rings. The van der Waals surface area contributed by atoms with Crippen molar-refractivity contribution in [2.75, 3.05) is 56.7 Å². The fourth-order valence-corrected chi connectivity index (χ4v) is 3.76. The minimum atomic E-state index is -0.559. The number of hydrogen-bond donors (Lipinski definition) is 3. The van der Waals surface area contributed by atoms with Crippen molar-refractivity contribution in [1.82, 2.24) is 15.5 Å². The van der Waals surface area contributed by atoms with Gasteiger partial charge in [0.1, 0.15) is 0 Å². The van der Waals surface area contributed by atoms with Crippen LogP contribution in [0.15, 0.2) is 41.8 Å². The number of urea groups is 1. The first kappa shape index (κ1) is 22.7. The molecule has 0 saturated carbocycles. The molecule has 1 aliphatic heterocycles. The van der Waals surface area contributed by atoms with Gasteiger partial charge in [-0.25, -0.2) is 4.79 Å². The molecule has 0 atom stereocenters. The first-order chi connectivity index (χ1) is 15.0. The highest BCUT2D eigenvalue weighted by molar-refractivity contribution is 7.09. The molecule has 0 aliphatic carbocycles. The third-order valence-corrected chi connectivity index (χ3v) is 5.49. The third kappa shape index (κ3) is 7.67. The van der Waals surface area contributed by atoms with E-state index in [4.69, 9.17) is 4.74 Å². The quantitative estimate of drug-likeness (QED) is 0.569. The lowest BCUT2D eigenvalue weighted by atomic mass is 10.2. The van der Waals surface area contributed by atoms with Crippen molar-refractivity contribution in [2.45, 2.75) is 6.54 Å². The number of amides is 4. The predicted molar refractivity (Wildman–Crippen MR) is 120 cm³/mol. The minimum absolute atomic E-state index is 0.0233. The summed E-state index contributed by atoms with van der Waals surface area (Å²) in [6.07, 6.45) is 0. The van der Waals surface area contributed by atoms with Gasteiger partial charge in [0.05, 0.1) is 32.8 Å². The fourth-order valence-electron chi connectivity index (χ4n) is 3.11. The number of anilines is 2. The molecule has 0 spiro atoms. The monoisotopic (exact) mass is 445 g/mol. The zero-order chi connectivity index (χ0) is 22.1. The van der Waals surface area contributed by atoms with E-state index >= 15 is 0 Å². The van der Waals surface area contributed by atoms with Crippen LogP contribution < -0.4 is 20.9 Å². The lowest BCUT2D eigenvalue weighted by Gasteiger charge is -2.28. The summed E-state index contributed by atoms with van der Waals surface area (Å²) in [7, 11) is 1.64. The van der Waals surface area contributed by atoms with Gasteiger partial charge in [0.15, 0.2) is 0 Å². The van der Waals surface area contributed by atoms with Gasteiger partial charge >= 0.3 is 6.03 Å². The Morgan fingerprint density at radius 1 is 1.06 bits per heavy atom. The van der Waals surface area contributed by atoms with Crippen molar-refractivity contribution in [3.8, 4) is 0 Å². The number of likely N-dealkylation sites (N-methyl/N-ethyl adjacent to an activating group) is 1. The molecule has 0 bridgehead atoms. The number of thiophene rings is 1. The van der Waals surface area contributed by atoms with Crippen molar-refractivity contribution in [3.05, 3.63) is 46.7 Å². The normalized spacial score (nSPS) is 13.7. The SMILES string of the molecule is CN(CC(=O)NC(=O)NCc1cccs1)CC(=O)Nc1ccc(N2CCOCC2)cc1. The van der Waals surface area contributed by atoms with Crippen LogP contribution >= 0.6 is 11.3 Å². The molecule has 31 heavy (non-hydrogen) atoms. The molecule has 1 fully saturated rings. The van der Waals surface area contributed by atoms with Gasteiger partial charge in [-0.3, -0.25) is 19.8 Å². The topological polar surface area (TPSA) is 103 Å². The second-order valence-corrected chi connectivity index (χ2v) is 8.21. The summed E-state index contributed by atoms with van der Waals surface area (Å²) in [6, 6.07) is 10.9. The molecule has 10 heteroatoms. The number of nitrogens with one attached hydrogen (secondary N) is 3. The molecule has 0 unspecified atom stereocenters. The number of carbonyl (C=O) groups excluding carboxylic acids is 3. The van der Waals surface area contributed by atoms with E-state index in [1.54, 1.807) is 11.9 Å². The van der Waals surface area contributed by atoms with Gasteiger partial charge in [-0.05, 0) is 42.8 Å². The Morgan fingerprint density at radius 2 is 1.77 bits per heavy atom. The lowest BCUT2D eigenvalue weighted by Crippen LogP contribution is -2.44. The largest absolute Gasteiger partial charge is 0.378 e. The molecule has 3 N–H and O–H groups in total. The molecular formula is C21H27N5O4S. The van der Waals surface area contributed by atoms with Crippen LogP contribution in [0.2, 0.25) is 0 Å². The number of rotatable bonds is 8. The Hall–Kier alpha value is -2.95. The summed E-state index contributed by atoms with van der Waals surface area (Å²) < 4.78 is 5.36. The zero-order valence-corrected chi connectivity index (χ0v) is 18.2. The van der Waals surface area contributed by atoms with E-state index in [2.05, 4.69) is 20.9 Å². The van der Waals surface area contributed by atoms with E-state index in [1.807, 2.05) is 41.8 Å². The van der Waals surface area contributed by atoms with E-state index in [1.165, 1.54) is 11.3 Å². The average Bonchev–Trinajstić information content (AvgIpc) is 3.27. The van der Waals surface area contributed by atoms with Crippen molar-refractivity contribution in [3.63, 3.8) is 0 Å². The molecule has 4 amide bonds. The van der Waals surface area contributed by atoms with Crippen LogP contribution in [0.3, 0.4) is 0 Å². The van der Waals surface area contributed by atoms with E-state index in [0.717, 1.165) is 23.7 Å². The van der Waals surface area contributed by atoms with Gasteiger partial charge in [0.2, 0.25) is 11.8 Å². The number of morpholine rings is 1. The number of benzene rings is 1.